The van der Waals surface area contributed by atoms with Crippen LogP contribution in [0.1, 0.15) is 59.5 Å². The Hall–Kier alpha value is -7.24. The second-order valence-corrected chi connectivity index (χ2v) is 13.9. The molecular weight excluding hydrogens is 765 g/mol. The number of rotatable bonds is 14. The van der Waals surface area contributed by atoms with Gasteiger partial charge in [-0.15, -0.1) is 0 Å². The van der Waals surface area contributed by atoms with Crippen molar-refractivity contribution in [3.05, 3.63) is 203 Å². The van der Waals surface area contributed by atoms with Crippen molar-refractivity contribution in [3.63, 3.8) is 0 Å². The van der Waals surface area contributed by atoms with Crippen LogP contribution in [-0.4, -0.2) is 67.8 Å². The van der Waals surface area contributed by atoms with E-state index in [1.165, 1.54) is 0 Å². The van der Waals surface area contributed by atoms with Crippen molar-refractivity contribution < 1.29 is 52.3 Å². The average Bonchev–Trinajstić information content (AvgIpc) is 3.29. The molecule has 0 N–H and O–H groups in total. The summed E-state index contributed by atoms with van der Waals surface area (Å²) in [5, 5.41) is 0. The Labute approximate surface area is 347 Å². The number of methoxy groups -OCH3 is 1. The van der Waals surface area contributed by atoms with Crippen LogP contribution in [0.15, 0.2) is 170 Å². The van der Waals surface area contributed by atoms with Gasteiger partial charge in [0.05, 0.1) is 29.4 Å². The summed E-state index contributed by atoms with van der Waals surface area (Å²) in [7, 11) is 1.59. The number of hydrogen-bond acceptors (Lipinski definition) is 11. The zero-order chi connectivity index (χ0) is 41.8. The monoisotopic (exact) mass is 806 g/mol. The number of carbonyl (C=O) groups excluding carboxylic acids is 4. The van der Waals surface area contributed by atoms with Crippen molar-refractivity contribution >= 4 is 23.9 Å². The van der Waals surface area contributed by atoms with Crippen LogP contribution in [0.5, 0.6) is 11.5 Å². The molecule has 0 radical (unpaired) electrons. The summed E-state index contributed by atoms with van der Waals surface area (Å²) in [5.74, 6) is -2.02. The van der Waals surface area contributed by atoms with Gasteiger partial charge in [-0.3, -0.25) is 0 Å². The van der Waals surface area contributed by atoms with Gasteiger partial charge in [-0.2, -0.15) is 0 Å². The fourth-order valence-corrected chi connectivity index (χ4v) is 6.73. The third-order valence-electron chi connectivity index (χ3n) is 9.82. The van der Waals surface area contributed by atoms with Crippen LogP contribution in [0.2, 0.25) is 0 Å². The molecule has 7 rings (SSSR count). The third-order valence-corrected chi connectivity index (χ3v) is 9.82. The second kappa shape index (κ2) is 19.5. The zero-order valence-corrected chi connectivity index (χ0v) is 32.8. The molecule has 1 fully saturated rings. The number of para-hydroxylation sites is 1. The molecule has 0 spiro atoms. The first-order chi connectivity index (χ1) is 29.3. The number of esters is 4. The fraction of sp³-hybridized carbons (Fsp3) is 0.184. The highest BCUT2D eigenvalue weighted by atomic mass is 16.7. The Morgan fingerprint density at radius 2 is 0.950 bits per heavy atom. The van der Waals surface area contributed by atoms with E-state index in [2.05, 4.69) is 0 Å². The van der Waals surface area contributed by atoms with Crippen LogP contribution in [0, 0.1) is 0 Å². The van der Waals surface area contributed by atoms with Crippen LogP contribution in [0.25, 0.3) is 0 Å². The molecule has 0 unspecified atom stereocenters. The van der Waals surface area contributed by atoms with Crippen LogP contribution >= 0.6 is 0 Å². The summed E-state index contributed by atoms with van der Waals surface area (Å²) in [6.07, 6.45) is -8.24. The van der Waals surface area contributed by atoms with Crippen molar-refractivity contribution in [3.8, 4) is 11.5 Å². The lowest BCUT2D eigenvalue weighted by Crippen LogP contribution is -2.65. The molecule has 0 aliphatic carbocycles. The van der Waals surface area contributed by atoms with Gasteiger partial charge in [0.1, 0.15) is 23.7 Å². The summed E-state index contributed by atoms with van der Waals surface area (Å²) >= 11 is 0. The van der Waals surface area contributed by atoms with Gasteiger partial charge in [-0.05, 0) is 84.8 Å². The predicted molar refractivity (Wildman–Crippen MR) is 220 cm³/mol. The molecule has 11 nitrogen and oxygen atoms in total. The largest absolute Gasteiger partial charge is 0.497 e. The quantitative estimate of drug-likeness (QED) is 0.0778. The molecule has 1 heterocycles. The van der Waals surface area contributed by atoms with Gasteiger partial charge in [0.25, 0.3) is 0 Å². The highest BCUT2D eigenvalue weighted by Crippen LogP contribution is 2.35. The van der Waals surface area contributed by atoms with Gasteiger partial charge < -0.3 is 33.2 Å². The Morgan fingerprint density at radius 3 is 1.45 bits per heavy atom. The number of carbonyl (C=O) groups is 4. The lowest BCUT2D eigenvalue weighted by Gasteiger charge is -2.45. The SMILES string of the molecule is COc1ccc(Cc2ccccc2O[C@@H]2O[C@H]([C@H](C)OC(=O)c3ccccc3)[C@@H](OC(=O)c3ccccc3)[C@H](OC(=O)c3ccccc3)[C@H]2OC(=O)c2ccccc2)cc1. The average molecular weight is 807 g/mol. The van der Waals surface area contributed by atoms with E-state index in [0.29, 0.717) is 17.9 Å². The number of hydrogen-bond donors (Lipinski definition) is 0. The highest BCUT2D eigenvalue weighted by Gasteiger charge is 2.56. The van der Waals surface area contributed by atoms with Crippen LogP contribution in [0.3, 0.4) is 0 Å². The van der Waals surface area contributed by atoms with E-state index in [9.17, 15) is 19.2 Å². The van der Waals surface area contributed by atoms with Crippen molar-refractivity contribution in [1.29, 1.82) is 0 Å². The van der Waals surface area contributed by atoms with Gasteiger partial charge in [-0.25, -0.2) is 19.2 Å². The number of benzene rings is 6. The third kappa shape index (κ3) is 10.1. The minimum Gasteiger partial charge on any atom is -0.497 e. The van der Waals surface area contributed by atoms with E-state index in [1.54, 1.807) is 147 Å². The summed E-state index contributed by atoms with van der Waals surface area (Å²) in [5.41, 5.74) is 2.50. The summed E-state index contributed by atoms with van der Waals surface area (Å²) in [6.45, 7) is 1.57. The topological polar surface area (TPSA) is 133 Å². The molecule has 1 aliphatic rings. The van der Waals surface area contributed by atoms with Gasteiger partial charge in [0.15, 0.2) is 12.2 Å². The molecule has 1 aliphatic heterocycles. The van der Waals surface area contributed by atoms with Crippen LogP contribution in [0.4, 0.5) is 0 Å². The maximum Gasteiger partial charge on any atom is 0.338 e. The highest BCUT2D eigenvalue weighted by molar-refractivity contribution is 5.91. The molecule has 304 valence electrons. The molecule has 0 bridgehead atoms. The molecule has 6 aromatic rings. The lowest BCUT2D eigenvalue weighted by molar-refractivity contribution is -0.284. The zero-order valence-electron chi connectivity index (χ0n) is 32.8. The lowest BCUT2D eigenvalue weighted by atomic mass is 9.94. The van der Waals surface area contributed by atoms with E-state index in [-0.39, 0.29) is 22.3 Å². The minimum absolute atomic E-state index is 0.174. The van der Waals surface area contributed by atoms with Gasteiger partial charge in [0.2, 0.25) is 12.4 Å². The maximum atomic E-state index is 14.0. The van der Waals surface area contributed by atoms with E-state index in [0.717, 1.165) is 11.1 Å². The van der Waals surface area contributed by atoms with Crippen molar-refractivity contribution in [2.24, 2.45) is 0 Å². The summed E-state index contributed by atoms with van der Waals surface area (Å²) in [6, 6.07) is 47.8. The molecule has 1 saturated heterocycles. The van der Waals surface area contributed by atoms with E-state index >= 15 is 0 Å². The number of ether oxygens (including phenoxy) is 7. The molecule has 0 saturated carbocycles. The Bertz CT molecular complexity index is 2350. The first-order valence-corrected chi connectivity index (χ1v) is 19.3. The standard InChI is InChI=1S/C49H42O11/c1-32(55-45(50)34-17-7-3-8-18-34)41-42(57-46(51)35-19-9-4-10-20-35)43(58-47(52)36-21-11-5-12-22-36)44(59-48(53)37-23-13-6-14-24-37)49(60-41)56-40-26-16-15-25-38(40)31-33-27-29-39(54-2)30-28-33/h3-30,32,41-44,49H,31H2,1-2H3/t32-,41+,42+,43-,44+,49+/m0/s1. The van der Waals surface area contributed by atoms with Crippen LogP contribution < -0.4 is 9.47 Å². The van der Waals surface area contributed by atoms with Gasteiger partial charge in [-0.1, -0.05) is 103 Å². The maximum absolute atomic E-state index is 14.0. The molecule has 11 heteroatoms. The fourth-order valence-electron chi connectivity index (χ4n) is 6.73. The normalized spacial score (nSPS) is 18.9. The van der Waals surface area contributed by atoms with Gasteiger partial charge in [0, 0.05) is 6.42 Å². The Balaban J connectivity index is 1.33. The molecule has 60 heavy (non-hydrogen) atoms. The molecule has 0 aromatic heterocycles. The Morgan fingerprint density at radius 1 is 0.517 bits per heavy atom. The van der Waals surface area contributed by atoms with E-state index in [1.807, 2.05) is 36.4 Å². The first-order valence-electron chi connectivity index (χ1n) is 19.3. The Kier molecular flexibility index (Phi) is 13.3. The second-order valence-electron chi connectivity index (χ2n) is 13.9. The minimum atomic E-state index is -1.58. The van der Waals surface area contributed by atoms with E-state index < -0.39 is 60.7 Å². The molecule has 6 atom stereocenters. The van der Waals surface area contributed by atoms with Crippen molar-refractivity contribution in [2.75, 3.05) is 7.11 Å². The predicted octanol–water partition coefficient (Wildman–Crippen LogP) is 8.31. The summed E-state index contributed by atoms with van der Waals surface area (Å²) < 4.78 is 43.3. The van der Waals surface area contributed by atoms with Gasteiger partial charge >= 0.3 is 23.9 Å². The van der Waals surface area contributed by atoms with Crippen molar-refractivity contribution in [2.45, 2.75) is 50.2 Å². The first kappa shape index (κ1) is 40.9. The molecule has 0 amide bonds. The van der Waals surface area contributed by atoms with Crippen molar-refractivity contribution in [1.82, 2.24) is 0 Å². The van der Waals surface area contributed by atoms with Crippen LogP contribution in [-0.2, 0) is 30.1 Å². The molecule has 6 aromatic carbocycles. The van der Waals surface area contributed by atoms with E-state index in [4.69, 9.17) is 33.2 Å². The summed E-state index contributed by atoms with van der Waals surface area (Å²) in [4.78, 5) is 55.5. The smallest absolute Gasteiger partial charge is 0.338 e. The molecular formula is C49H42O11.